The predicted molar refractivity (Wildman–Crippen MR) is 101 cm³/mol. The van der Waals surface area contributed by atoms with Gasteiger partial charge in [-0.05, 0) is 30.7 Å². The van der Waals surface area contributed by atoms with Gasteiger partial charge in [0.15, 0.2) is 5.82 Å². The molecule has 0 fully saturated rings. The van der Waals surface area contributed by atoms with E-state index in [0.717, 1.165) is 16.9 Å². The molecule has 9 heteroatoms. The summed E-state index contributed by atoms with van der Waals surface area (Å²) in [6, 6.07) is 12.5. The maximum absolute atomic E-state index is 11.6. The molecule has 0 unspecified atom stereocenters. The van der Waals surface area contributed by atoms with Gasteiger partial charge in [0.1, 0.15) is 0 Å². The highest BCUT2D eigenvalue weighted by atomic mass is 32.2. The molecule has 0 saturated carbocycles. The van der Waals surface area contributed by atoms with Crippen LogP contribution in [0.2, 0.25) is 0 Å². The van der Waals surface area contributed by atoms with Gasteiger partial charge in [0.2, 0.25) is 15.9 Å². The molecule has 0 atom stereocenters. The van der Waals surface area contributed by atoms with Crippen LogP contribution in [0.3, 0.4) is 0 Å². The third kappa shape index (κ3) is 4.31. The molecule has 26 heavy (non-hydrogen) atoms. The Balaban J connectivity index is 1.70. The first-order valence-corrected chi connectivity index (χ1v) is 9.57. The number of rotatable bonds is 7. The average Bonchev–Trinajstić information content (AvgIpc) is 3.11. The number of hydrogen-bond donors (Lipinski definition) is 3. The van der Waals surface area contributed by atoms with Crippen LogP contribution in [0.5, 0.6) is 5.88 Å². The summed E-state index contributed by atoms with van der Waals surface area (Å²) in [6.07, 6.45) is 1.65. The average molecular weight is 373 g/mol. The number of aromatic amines is 1. The van der Waals surface area contributed by atoms with Crippen molar-refractivity contribution < 1.29 is 13.2 Å². The van der Waals surface area contributed by atoms with Crippen LogP contribution in [0, 0.1) is 0 Å². The van der Waals surface area contributed by atoms with Crippen molar-refractivity contribution in [2.75, 3.05) is 22.9 Å². The lowest BCUT2D eigenvalue weighted by Crippen LogP contribution is -2.14. The molecule has 0 aliphatic carbocycles. The SMILES string of the molecule is CCS(=O)(=O)Nc1ccc(-c2cc(Nc3ccc(OC)nc3)n[nH]2)cc1. The second-order valence-corrected chi connectivity index (χ2v) is 7.47. The summed E-state index contributed by atoms with van der Waals surface area (Å²) in [5, 5.41) is 10.3. The first-order chi connectivity index (χ1) is 12.5. The zero-order valence-corrected chi connectivity index (χ0v) is 15.2. The first kappa shape index (κ1) is 17.7. The van der Waals surface area contributed by atoms with Gasteiger partial charge in [-0.15, -0.1) is 0 Å². The smallest absolute Gasteiger partial charge is 0.232 e. The van der Waals surface area contributed by atoms with E-state index >= 15 is 0 Å². The molecule has 0 saturated heterocycles. The highest BCUT2D eigenvalue weighted by Gasteiger charge is 2.08. The Hall–Kier alpha value is -3.07. The molecule has 136 valence electrons. The van der Waals surface area contributed by atoms with Crippen LogP contribution in [-0.2, 0) is 10.0 Å². The summed E-state index contributed by atoms with van der Waals surface area (Å²) < 4.78 is 30.7. The lowest BCUT2D eigenvalue weighted by Gasteiger charge is -2.06. The molecule has 3 N–H and O–H groups in total. The Morgan fingerprint density at radius 3 is 2.46 bits per heavy atom. The number of nitrogens with zero attached hydrogens (tertiary/aromatic N) is 2. The number of nitrogens with one attached hydrogen (secondary N) is 3. The van der Waals surface area contributed by atoms with Crippen LogP contribution >= 0.6 is 0 Å². The van der Waals surface area contributed by atoms with Crippen molar-refractivity contribution in [1.29, 1.82) is 0 Å². The van der Waals surface area contributed by atoms with Crippen molar-refractivity contribution in [2.24, 2.45) is 0 Å². The van der Waals surface area contributed by atoms with Crippen LogP contribution in [-0.4, -0.2) is 36.5 Å². The monoisotopic (exact) mass is 373 g/mol. The molecule has 3 aromatic rings. The normalized spacial score (nSPS) is 11.2. The minimum absolute atomic E-state index is 0.0323. The first-order valence-electron chi connectivity index (χ1n) is 7.92. The number of anilines is 3. The fourth-order valence-electron chi connectivity index (χ4n) is 2.23. The van der Waals surface area contributed by atoms with E-state index in [9.17, 15) is 8.42 Å². The molecule has 1 aromatic carbocycles. The van der Waals surface area contributed by atoms with Crippen LogP contribution in [0.15, 0.2) is 48.7 Å². The number of H-pyrrole nitrogens is 1. The third-order valence-electron chi connectivity index (χ3n) is 3.65. The van der Waals surface area contributed by atoms with Gasteiger partial charge in [-0.2, -0.15) is 5.10 Å². The van der Waals surface area contributed by atoms with E-state index in [4.69, 9.17) is 4.74 Å². The number of methoxy groups -OCH3 is 1. The van der Waals surface area contributed by atoms with Gasteiger partial charge in [0.25, 0.3) is 0 Å². The Kier molecular flexibility index (Phi) is 5.08. The molecule has 0 bridgehead atoms. The highest BCUT2D eigenvalue weighted by molar-refractivity contribution is 7.92. The van der Waals surface area contributed by atoms with E-state index in [2.05, 4.69) is 25.2 Å². The van der Waals surface area contributed by atoms with Crippen molar-refractivity contribution in [3.63, 3.8) is 0 Å². The van der Waals surface area contributed by atoms with Gasteiger partial charge in [-0.25, -0.2) is 13.4 Å². The molecule has 2 heterocycles. The predicted octanol–water partition coefficient (Wildman–Crippen LogP) is 2.99. The third-order valence-corrected chi connectivity index (χ3v) is 4.95. The molecule has 0 aliphatic heterocycles. The van der Waals surface area contributed by atoms with E-state index < -0.39 is 10.0 Å². The fraction of sp³-hybridized carbons (Fsp3) is 0.176. The summed E-state index contributed by atoms with van der Waals surface area (Å²) in [5.74, 6) is 1.21. The standard InChI is InChI=1S/C17H19N5O3S/c1-3-26(23,24)22-13-6-4-12(5-7-13)15-10-16(21-20-15)19-14-8-9-17(25-2)18-11-14/h4-11,22H,3H2,1-2H3,(H2,19,20,21). The maximum atomic E-state index is 11.6. The zero-order valence-electron chi connectivity index (χ0n) is 14.4. The summed E-state index contributed by atoms with van der Waals surface area (Å²) in [6.45, 7) is 1.59. The van der Waals surface area contributed by atoms with Crippen LogP contribution in [0.25, 0.3) is 11.3 Å². The fourth-order valence-corrected chi connectivity index (χ4v) is 2.87. The van der Waals surface area contributed by atoms with Gasteiger partial charge >= 0.3 is 0 Å². The quantitative estimate of drug-likeness (QED) is 0.587. The topological polar surface area (TPSA) is 109 Å². The van der Waals surface area contributed by atoms with E-state index in [1.54, 1.807) is 38.4 Å². The second-order valence-electron chi connectivity index (χ2n) is 5.46. The van der Waals surface area contributed by atoms with E-state index in [1.165, 1.54) is 0 Å². The molecule has 0 aliphatic rings. The maximum Gasteiger partial charge on any atom is 0.232 e. The van der Waals surface area contributed by atoms with Gasteiger partial charge in [0.05, 0.1) is 30.4 Å². The molecule has 0 spiro atoms. The Labute approximate surface area is 151 Å². The number of benzene rings is 1. The van der Waals surface area contributed by atoms with E-state index in [0.29, 0.717) is 17.4 Å². The van der Waals surface area contributed by atoms with Crippen molar-refractivity contribution in [3.8, 4) is 17.1 Å². The van der Waals surface area contributed by atoms with Crippen molar-refractivity contribution in [1.82, 2.24) is 15.2 Å². The van der Waals surface area contributed by atoms with E-state index in [-0.39, 0.29) is 5.75 Å². The largest absolute Gasteiger partial charge is 0.481 e. The van der Waals surface area contributed by atoms with E-state index in [1.807, 2.05) is 24.3 Å². The van der Waals surface area contributed by atoms with Gasteiger partial charge < -0.3 is 10.1 Å². The lowest BCUT2D eigenvalue weighted by molar-refractivity contribution is 0.398. The number of pyridine rings is 1. The van der Waals surface area contributed by atoms with Gasteiger partial charge in [-0.1, -0.05) is 12.1 Å². The van der Waals surface area contributed by atoms with Crippen molar-refractivity contribution in [2.45, 2.75) is 6.92 Å². The molecule has 3 rings (SSSR count). The summed E-state index contributed by atoms with van der Waals surface area (Å²) >= 11 is 0. The minimum Gasteiger partial charge on any atom is -0.481 e. The number of sulfonamides is 1. The molecular weight excluding hydrogens is 354 g/mol. The molecule has 8 nitrogen and oxygen atoms in total. The lowest BCUT2D eigenvalue weighted by atomic mass is 10.1. The number of hydrogen-bond acceptors (Lipinski definition) is 6. The molecule has 2 aromatic heterocycles. The van der Waals surface area contributed by atoms with Crippen LogP contribution < -0.4 is 14.8 Å². The Bertz CT molecular complexity index is 966. The summed E-state index contributed by atoms with van der Waals surface area (Å²) in [7, 11) is -1.72. The molecular formula is C17H19N5O3S. The van der Waals surface area contributed by atoms with Crippen molar-refractivity contribution in [3.05, 3.63) is 48.7 Å². The van der Waals surface area contributed by atoms with Crippen LogP contribution in [0.4, 0.5) is 17.2 Å². The van der Waals surface area contributed by atoms with Crippen molar-refractivity contribution >= 4 is 27.2 Å². The van der Waals surface area contributed by atoms with Crippen LogP contribution in [0.1, 0.15) is 6.92 Å². The Morgan fingerprint density at radius 2 is 1.85 bits per heavy atom. The number of aromatic nitrogens is 3. The molecule has 0 amide bonds. The zero-order chi connectivity index (χ0) is 18.6. The Morgan fingerprint density at radius 1 is 1.12 bits per heavy atom. The highest BCUT2D eigenvalue weighted by Crippen LogP contribution is 2.24. The molecule has 0 radical (unpaired) electrons. The van der Waals surface area contributed by atoms with Gasteiger partial charge in [-0.3, -0.25) is 9.82 Å². The second kappa shape index (κ2) is 7.44. The minimum atomic E-state index is -3.28. The summed E-state index contributed by atoms with van der Waals surface area (Å²) in [4.78, 5) is 4.13. The van der Waals surface area contributed by atoms with Gasteiger partial charge in [0, 0.05) is 17.8 Å². The number of ether oxygens (including phenoxy) is 1. The summed E-state index contributed by atoms with van der Waals surface area (Å²) in [5.41, 5.74) is 3.00.